The first kappa shape index (κ1) is 16.6. The molecule has 1 rings (SSSR count). The lowest BCUT2D eigenvalue weighted by atomic mass is 10.1. The molecule has 0 saturated carbocycles. The number of sulfonamides is 1. The van der Waals surface area contributed by atoms with Crippen molar-refractivity contribution in [3.8, 4) is 0 Å². The first-order valence-electron chi connectivity index (χ1n) is 5.42. The number of nitrogens with one attached hydrogen (secondary N) is 1. The number of carbonyl (C=O) groups is 2. The fraction of sp³-hybridized carbons (Fsp3) is 0.273. The molecule has 1 aromatic rings. The Morgan fingerprint density at radius 2 is 1.75 bits per heavy atom. The van der Waals surface area contributed by atoms with Gasteiger partial charge < -0.3 is 10.2 Å². The van der Waals surface area contributed by atoms with Gasteiger partial charge in [-0.05, 0) is 24.3 Å². The van der Waals surface area contributed by atoms with Gasteiger partial charge in [-0.2, -0.15) is 0 Å². The van der Waals surface area contributed by atoms with Gasteiger partial charge in [0, 0.05) is 11.0 Å². The Morgan fingerprint density at radius 3 is 2.20 bits per heavy atom. The third-order valence-corrected chi connectivity index (χ3v) is 4.38. The minimum atomic E-state index is -3.87. The molecule has 0 heterocycles. The van der Waals surface area contributed by atoms with Gasteiger partial charge in [-0.1, -0.05) is 15.9 Å². The van der Waals surface area contributed by atoms with Crippen LogP contribution in [0.1, 0.15) is 6.42 Å². The monoisotopic (exact) mass is 365 g/mol. The fourth-order valence-electron chi connectivity index (χ4n) is 1.36. The number of aliphatic carboxylic acids is 2. The number of rotatable bonds is 7. The summed E-state index contributed by atoms with van der Waals surface area (Å²) in [7, 11) is -3.87. The van der Waals surface area contributed by atoms with Crippen LogP contribution < -0.4 is 4.72 Å². The number of halogens is 1. The second-order valence-electron chi connectivity index (χ2n) is 3.94. The lowest BCUT2D eigenvalue weighted by Gasteiger charge is -2.11. The summed E-state index contributed by atoms with van der Waals surface area (Å²) in [5.41, 5.74) is 0. The third-order valence-electron chi connectivity index (χ3n) is 2.41. The molecule has 0 aliphatic rings. The Kier molecular flexibility index (Phi) is 5.66. The molecule has 0 fully saturated rings. The maximum atomic E-state index is 11.9. The molecular formula is C11H12BrNO6S. The Labute approximate surface area is 123 Å². The van der Waals surface area contributed by atoms with Crippen LogP contribution in [0, 0.1) is 5.92 Å². The van der Waals surface area contributed by atoms with Crippen molar-refractivity contribution in [3.05, 3.63) is 28.7 Å². The second kappa shape index (κ2) is 6.82. The number of carboxylic acids is 2. The van der Waals surface area contributed by atoms with Crippen LogP contribution in [0.2, 0.25) is 0 Å². The molecule has 0 saturated heterocycles. The topological polar surface area (TPSA) is 121 Å². The highest BCUT2D eigenvalue weighted by Crippen LogP contribution is 2.15. The molecule has 9 heteroatoms. The first-order valence-corrected chi connectivity index (χ1v) is 7.70. The van der Waals surface area contributed by atoms with E-state index in [-0.39, 0.29) is 4.90 Å². The van der Waals surface area contributed by atoms with Crippen molar-refractivity contribution in [1.82, 2.24) is 4.72 Å². The van der Waals surface area contributed by atoms with Crippen LogP contribution in [0.15, 0.2) is 33.6 Å². The lowest BCUT2D eigenvalue weighted by Crippen LogP contribution is -2.34. The van der Waals surface area contributed by atoms with Crippen molar-refractivity contribution in [1.29, 1.82) is 0 Å². The first-order chi connectivity index (χ1) is 9.22. The molecule has 0 spiro atoms. The predicted octanol–water partition coefficient (Wildman–Crippen LogP) is 0.903. The standard InChI is InChI=1S/C11H12BrNO6S/c12-8-1-3-9(4-2-8)20(18,19)13-6-7(11(16)17)5-10(14)15/h1-4,7,13H,5-6H2,(H,14,15)(H,16,17). The molecule has 0 aliphatic carbocycles. The Hall–Kier alpha value is -1.45. The molecule has 3 N–H and O–H groups in total. The van der Waals surface area contributed by atoms with E-state index in [1.54, 1.807) is 0 Å². The highest BCUT2D eigenvalue weighted by molar-refractivity contribution is 9.10. The lowest BCUT2D eigenvalue weighted by molar-refractivity contribution is -0.147. The Morgan fingerprint density at radius 1 is 1.20 bits per heavy atom. The zero-order chi connectivity index (χ0) is 15.3. The van der Waals surface area contributed by atoms with E-state index < -0.39 is 40.8 Å². The van der Waals surface area contributed by atoms with Gasteiger partial charge in [-0.3, -0.25) is 9.59 Å². The maximum Gasteiger partial charge on any atom is 0.308 e. The maximum absolute atomic E-state index is 11.9. The van der Waals surface area contributed by atoms with Crippen LogP contribution in [0.25, 0.3) is 0 Å². The minimum absolute atomic E-state index is 0.0276. The Bertz CT molecular complexity index is 598. The van der Waals surface area contributed by atoms with E-state index in [9.17, 15) is 18.0 Å². The van der Waals surface area contributed by atoms with Crippen LogP contribution in [0.3, 0.4) is 0 Å². The van der Waals surface area contributed by atoms with Crippen LogP contribution >= 0.6 is 15.9 Å². The average Bonchev–Trinajstić information content (AvgIpc) is 2.34. The number of benzene rings is 1. The normalized spacial score (nSPS) is 12.8. The molecule has 0 aliphatic heterocycles. The van der Waals surface area contributed by atoms with Crippen LogP contribution in [-0.4, -0.2) is 37.1 Å². The van der Waals surface area contributed by atoms with Gasteiger partial charge in [0.25, 0.3) is 0 Å². The summed E-state index contributed by atoms with van der Waals surface area (Å²) in [6, 6.07) is 5.75. The van der Waals surface area contributed by atoms with E-state index >= 15 is 0 Å². The van der Waals surface area contributed by atoms with E-state index in [4.69, 9.17) is 10.2 Å². The van der Waals surface area contributed by atoms with Gasteiger partial charge >= 0.3 is 11.9 Å². The fourth-order valence-corrected chi connectivity index (χ4v) is 2.71. The third kappa shape index (κ3) is 4.91. The molecule has 0 amide bonds. The molecule has 110 valence electrons. The summed E-state index contributed by atoms with van der Waals surface area (Å²) < 4.78 is 26.6. The smallest absolute Gasteiger partial charge is 0.308 e. The van der Waals surface area contributed by atoms with Crippen LogP contribution in [-0.2, 0) is 19.6 Å². The van der Waals surface area contributed by atoms with Crippen molar-refractivity contribution in [2.75, 3.05) is 6.54 Å². The zero-order valence-corrected chi connectivity index (χ0v) is 12.5. The van der Waals surface area contributed by atoms with Gasteiger partial charge in [-0.25, -0.2) is 13.1 Å². The summed E-state index contributed by atoms with van der Waals surface area (Å²) in [4.78, 5) is 21.3. The highest BCUT2D eigenvalue weighted by atomic mass is 79.9. The molecule has 0 aromatic heterocycles. The van der Waals surface area contributed by atoms with Gasteiger partial charge in [0.05, 0.1) is 17.2 Å². The zero-order valence-electron chi connectivity index (χ0n) is 10.1. The van der Waals surface area contributed by atoms with Crippen molar-refractivity contribution in [3.63, 3.8) is 0 Å². The molecular weight excluding hydrogens is 354 g/mol. The second-order valence-corrected chi connectivity index (χ2v) is 6.62. The highest BCUT2D eigenvalue weighted by Gasteiger charge is 2.24. The SMILES string of the molecule is O=C(O)CC(CNS(=O)(=O)c1ccc(Br)cc1)C(=O)O. The van der Waals surface area contributed by atoms with E-state index in [0.29, 0.717) is 4.47 Å². The van der Waals surface area contributed by atoms with Crippen molar-refractivity contribution in [2.45, 2.75) is 11.3 Å². The predicted molar refractivity (Wildman–Crippen MR) is 72.7 cm³/mol. The van der Waals surface area contributed by atoms with Crippen molar-refractivity contribution in [2.24, 2.45) is 5.92 Å². The summed E-state index contributed by atoms with van der Waals surface area (Å²) in [5, 5.41) is 17.4. The summed E-state index contributed by atoms with van der Waals surface area (Å²) >= 11 is 3.16. The number of carboxylic acid groups (broad SMARTS) is 2. The van der Waals surface area contributed by atoms with Crippen molar-refractivity contribution >= 4 is 37.9 Å². The van der Waals surface area contributed by atoms with Crippen LogP contribution in [0.5, 0.6) is 0 Å². The van der Waals surface area contributed by atoms with Gasteiger partial charge in [0.2, 0.25) is 10.0 Å². The molecule has 0 radical (unpaired) electrons. The molecule has 1 atom stereocenters. The number of hydrogen-bond donors (Lipinski definition) is 3. The largest absolute Gasteiger partial charge is 0.481 e. The molecule has 7 nitrogen and oxygen atoms in total. The van der Waals surface area contributed by atoms with Gasteiger partial charge in [0.1, 0.15) is 0 Å². The molecule has 0 bridgehead atoms. The van der Waals surface area contributed by atoms with Gasteiger partial charge in [-0.15, -0.1) is 0 Å². The minimum Gasteiger partial charge on any atom is -0.481 e. The van der Waals surface area contributed by atoms with Gasteiger partial charge in [0.15, 0.2) is 0 Å². The summed E-state index contributed by atoms with van der Waals surface area (Å²) in [6.07, 6.45) is -0.655. The van der Waals surface area contributed by atoms with E-state index in [1.807, 2.05) is 0 Å². The van der Waals surface area contributed by atoms with Crippen molar-refractivity contribution < 1.29 is 28.2 Å². The molecule has 1 aromatic carbocycles. The Balaban J connectivity index is 2.78. The summed E-state index contributed by atoms with van der Waals surface area (Å²) in [5.74, 6) is -4.00. The average molecular weight is 366 g/mol. The summed E-state index contributed by atoms with van der Waals surface area (Å²) in [6.45, 7) is -0.486. The van der Waals surface area contributed by atoms with E-state index in [0.717, 1.165) is 0 Å². The number of hydrogen-bond acceptors (Lipinski definition) is 4. The molecule has 1 unspecified atom stereocenters. The van der Waals surface area contributed by atoms with E-state index in [2.05, 4.69) is 20.7 Å². The quantitative estimate of drug-likeness (QED) is 0.660. The molecule has 20 heavy (non-hydrogen) atoms. The van der Waals surface area contributed by atoms with E-state index in [1.165, 1.54) is 24.3 Å². The van der Waals surface area contributed by atoms with Crippen LogP contribution in [0.4, 0.5) is 0 Å².